The fourth-order valence-electron chi connectivity index (χ4n) is 8.25. The topological polar surface area (TPSA) is 26.3 Å². The summed E-state index contributed by atoms with van der Waals surface area (Å²) in [6, 6.07) is 0. The third kappa shape index (κ3) is 6.38. The molecule has 0 aromatic rings. The minimum atomic E-state index is 0.113. The highest BCUT2D eigenvalue weighted by molar-refractivity contribution is 5.72. The zero-order chi connectivity index (χ0) is 22.5. The summed E-state index contributed by atoms with van der Waals surface area (Å²) in [4.78, 5) is 12.8. The Morgan fingerprint density at radius 2 is 1.00 bits per heavy atom. The van der Waals surface area contributed by atoms with Gasteiger partial charge in [-0.15, -0.1) is 0 Å². The van der Waals surface area contributed by atoms with Crippen LogP contribution in [0, 0.1) is 53.3 Å². The molecule has 2 heteroatoms. The molecular formula is C31H48O2. The summed E-state index contributed by atoms with van der Waals surface area (Å²) in [6.45, 7) is 0. The van der Waals surface area contributed by atoms with Crippen molar-refractivity contribution < 1.29 is 9.53 Å². The van der Waals surface area contributed by atoms with Crippen molar-refractivity contribution in [2.45, 2.75) is 135 Å². The molecule has 5 aliphatic carbocycles. The van der Waals surface area contributed by atoms with Crippen LogP contribution < -0.4 is 0 Å². The molecule has 0 radical (unpaired) electrons. The number of ether oxygens (including phenoxy) is 1. The zero-order valence-corrected chi connectivity index (χ0v) is 21.1. The van der Waals surface area contributed by atoms with Crippen LogP contribution in [0.25, 0.3) is 0 Å². The first-order valence-electron chi connectivity index (χ1n) is 15.0. The van der Waals surface area contributed by atoms with E-state index in [0.717, 1.165) is 62.2 Å². The Labute approximate surface area is 203 Å². The van der Waals surface area contributed by atoms with E-state index in [1.54, 1.807) is 0 Å². The molecule has 0 amide bonds. The first-order valence-corrected chi connectivity index (χ1v) is 15.0. The van der Waals surface area contributed by atoms with Crippen LogP contribution in [-0.4, -0.2) is 12.1 Å². The molecule has 5 rings (SSSR count). The van der Waals surface area contributed by atoms with Crippen molar-refractivity contribution >= 4 is 5.97 Å². The average Bonchev–Trinajstić information content (AvgIpc) is 2.88. The summed E-state index contributed by atoms with van der Waals surface area (Å²) in [5, 5.41) is 0. The van der Waals surface area contributed by atoms with Crippen molar-refractivity contribution in [1.29, 1.82) is 0 Å². The van der Waals surface area contributed by atoms with Gasteiger partial charge in [0.2, 0.25) is 0 Å². The van der Waals surface area contributed by atoms with Gasteiger partial charge in [0.1, 0.15) is 6.10 Å². The van der Waals surface area contributed by atoms with E-state index >= 15 is 0 Å². The van der Waals surface area contributed by atoms with Crippen molar-refractivity contribution in [3.8, 4) is 11.8 Å². The van der Waals surface area contributed by atoms with Crippen LogP contribution in [-0.2, 0) is 9.53 Å². The van der Waals surface area contributed by atoms with Gasteiger partial charge in [-0.25, -0.2) is 0 Å². The highest BCUT2D eigenvalue weighted by Gasteiger charge is 2.35. The average molecular weight is 453 g/mol. The van der Waals surface area contributed by atoms with Crippen molar-refractivity contribution in [2.24, 2.45) is 41.4 Å². The summed E-state index contributed by atoms with van der Waals surface area (Å²) < 4.78 is 6.06. The van der Waals surface area contributed by atoms with Gasteiger partial charge in [0.25, 0.3) is 0 Å². The Hall–Kier alpha value is -0.970. The van der Waals surface area contributed by atoms with Crippen LogP contribution in [0.3, 0.4) is 0 Å². The minimum absolute atomic E-state index is 0.113. The van der Waals surface area contributed by atoms with E-state index < -0.39 is 0 Å². The predicted molar refractivity (Wildman–Crippen MR) is 134 cm³/mol. The quantitative estimate of drug-likeness (QED) is 0.319. The fraction of sp³-hybridized carbons (Fsp3) is 0.903. The third-order valence-electron chi connectivity index (χ3n) is 10.4. The summed E-state index contributed by atoms with van der Waals surface area (Å²) in [5.41, 5.74) is 0. The molecule has 2 nitrogen and oxygen atoms in total. The number of hydrogen-bond donors (Lipinski definition) is 0. The largest absolute Gasteiger partial charge is 0.462 e. The van der Waals surface area contributed by atoms with Crippen LogP contribution in [0.5, 0.6) is 0 Å². The molecule has 0 N–H and O–H groups in total. The summed E-state index contributed by atoms with van der Waals surface area (Å²) in [7, 11) is 0. The Balaban J connectivity index is 1.00. The molecular weight excluding hydrogens is 404 g/mol. The van der Waals surface area contributed by atoms with Crippen molar-refractivity contribution in [1.82, 2.24) is 0 Å². The maximum absolute atomic E-state index is 12.8. The molecule has 184 valence electrons. The van der Waals surface area contributed by atoms with Gasteiger partial charge in [-0.3, -0.25) is 4.79 Å². The molecule has 0 bridgehead atoms. The maximum Gasteiger partial charge on any atom is 0.309 e. The summed E-state index contributed by atoms with van der Waals surface area (Å²) in [6.07, 6.45) is 26.4. The number of carbonyl (C=O) groups is 1. The Morgan fingerprint density at radius 3 is 1.67 bits per heavy atom. The normalized spacial score (nSPS) is 40.2. The molecule has 33 heavy (non-hydrogen) atoms. The Bertz CT molecular complexity index is 679. The summed E-state index contributed by atoms with van der Waals surface area (Å²) >= 11 is 0. The van der Waals surface area contributed by atoms with Gasteiger partial charge in [-0.1, -0.05) is 69.6 Å². The Morgan fingerprint density at radius 1 is 0.515 bits per heavy atom. The smallest absolute Gasteiger partial charge is 0.309 e. The highest BCUT2D eigenvalue weighted by atomic mass is 16.5. The molecule has 5 saturated carbocycles. The van der Waals surface area contributed by atoms with Crippen molar-refractivity contribution in [2.75, 3.05) is 0 Å². The molecule has 0 heterocycles. The molecule has 0 saturated heterocycles. The molecule has 0 spiro atoms. The monoisotopic (exact) mass is 452 g/mol. The molecule has 0 aliphatic heterocycles. The molecule has 0 aromatic carbocycles. The molecule has 3 unspecified atom stereocenters. The second-order valence-corrected chi connectivity index (χ2v) is 12.5. The number of rotatable bonds is 3. The van der Waals surface area contributed by atoms with E-state index in [1.165, 1.54) is 89.9 Å². The molecule has 3 atom stereocenters. The van der Waals surface area contributed by atoms with E-state index in [2.05, 4.69) is 11.8 Å². The van der Waals surface area contributed by atoms with Crippen LogP contribution in [0.4, 0.5) is 0 Å². The molecule has 5 fully saturated rings. The first kappa shape index (κ1) is 23.8. The van der Waals surface area contributed by atoms with Gasteiger partial charge in [-0.05, 0) is 94.3 Å². The lowest BCUT2D eigenvalue weighted by Crippen LogP contribution is -2.35. The lowest BCUT2D eigenvalue weighted by molar-refractivity contribution is -0.158. The number of carbonyl (C=O) groups excluding carboxylic acids is 1. The van der Waals surface area contributed by atoms with Crippen LogP contribution >= 0.6 is 0 Å². The first-order chi connectivity index (χ1) is 16.2. The molecule has 0 aromatic heterocycles. The van der Waals surface area contributed by atoms with E-state index in [4.69, 9.17) is 4.74 Å². The van der Waals surface area contributed by atoms with Gasteiger partial charge >= 0.3 is 5.97 Å². The standard InChI is InChI=1S/C31H48O2/c32-31(33-30-21-20-26-8-4-5-9-29(26)22-30)28-18-14-24(15-19-28)11-10-23-12-16-27(17-13-23)25-6-2-1-3-7-25/h23-30H,1-9,12-22H2. The molecule has 5 aliphatic rings. The highest BCUT2D eigenvalue weighted by Crippen LogP contribution is 2.42. The number of hydrogen-bond acceptors (Lipinski definition) is 2. The zero-order valence-electron chi connectivity index (χ0n) is 21.1. The lowest BCUT2D eigenvalue weighted by Gasteiger charge is -2.39. The minimum Gasteiger partial charge on any atom is -0.462 e. The van der Waals surface area contributed by atoms with Crippen molar-refractivity contribution in [3.05, 3.63) is 0 Å². The second-order valence-electron chi connectivity index (χ2n) is 12.5. The fourth-order valence-corrected chi connectivity index (χ4v) is 8.25. The van der Waals surface area contributed by atoms with Gasteiger partial charge in [0, 0.05) is 11.8 Å². The predicted octanol–water partition coefficient (Wildman–Crippen LogP) is 8.09. The van der Waals surface area contributed by atoms with E-state index in [0.29, 0.717) is 11.8 Å². The van der Waals surface area contributed by atoms with Gasteiger partial charge < -0.3 is 4.74 Å². The maximum atomic E-state index is 12.8. The third-order valence-corrected chi connectivity index (χ3v) is 10.4. The SMILES string of the molecule is O=C(OC1CCC2CCCCC2C1)C1CCC(C#CC2CCC(C3CCCCC3)CC2)CC1. The van der Waals surface area contributed by atoms with Gasteiger partial charge in [0.15, 0.2) is 0 Å². The van der Waals surface area contributed by atoms with Crippen LogP contribution in [0.15, 0.2) is 0 Å². The van der Waals surface area contributed by atoms with E-state index in [-0.39, 0.29) is 18.0 Å². The summed E-state index contributed by atoms with van der Waals surface area (Å²) in [5.74, 6) is 12.5. The Kier molecular flexibility index (Phi) is 8.38. The second kappa shape index (κ2) is 11.6. The van der Waals surface area contributed by atoms with Crippen molar-refractivity contribution in [3.63, 3.8) is 0 Å². The van der Waals surface area contributed by atoms with Gasteiger partial charge in [0.05, 0.1) is 5.92 Å². The van der Waals surface area contributed by atoms with Gasteiger partial charge in [-0.2, -0.15) is 0 Å². The number of esters is 1. The lowest BCUT2D eigenvalue weighted by atomic mass is 9.70. The van der Waals surface area contributed by atoms with E-state index in [1.807, 2.05) is 0 Å². The van der Waals surface area contributed by atoms with Crippen LogP contribution in [0.2, 0.25) is 0 Å². The van der Waals surface area contributed by atoms with Crippen LogP contribution in [0.1, 0.15) is 128 Å². The van der Waals surface area contributed by atoms with E-state index in [9.17, 15) is 4.79 Å². The number of fused-ring (bicyclic) bond motifs is 1.